The first kappa shape index (κ1) is 31.2. The highest BCUT2D eigenvalue weighted by molar-refractivity contribution is 7.92. The van der Waals surface area contributed by atoms with Crippen LogP contribution >= 0.6 is 11.6 Å². The molecule has 13 heteroatoms. The number of nitrogens with zero attached hydrogens (tertiary/aromatic N) is 3. The number of hydrogen-bond donors (Lipinski definition) is 2. The zero-order chi connectivity index (χ0) is 31.2. The summed E-state index contributed by atoms with van der Waals surface area (Å²) in [7, 11) is -3.83. The Morgan fingerprint density at radius 2 is 1.72 bits per heavy atom. The first-order chi connectivity index (χ1) is 20.3. The van der Waals surface area contributed by atoms with Crippen LogP contribution in [0.25, 0.3) is 6.08 Å². The van der Waals surface area contributed by atoms with Crippen molar-refractivity contribution in [1.82, 2.24) is 14.5 Å². The fraction of sp³-hybridized carbons (Fsp3) is 0.433. The first-order valence-electron chi connectivity index (χ1n) is 14.0. The summed E-state index contributed by atoms with van der Waals surface area (Å²) >= 11 is 5.88. The average molecular weight is 635 g/mol. The Kier molecular flexibility index (Phi) is 8.51. The SMILES string of the molecule is Cc1cc(C(=O)N2CCC(O)(CF)CC2)cc(C)c1C=CS(=O)(=O)N1CCC2(CC1)N=C(c1ccc(F)c(Cl)c1)NC2=O. The third-order valence-electron chi connectivity index (χ3n) is 8.56. The molecule has 2 N–H and O–H groups in total. The van der Waals surface area contributed by atoms with Crippen molar-refractivity contribution >= 4 is 45.4 Å². The van der Waals surface area contributed by atoms with Crippen LogP contribution in [0.4, 0.5) is 8.78 Å². The Morgan fingerprint density at radius 3 is 2.30 bits per heavy atom. The quantitative estimate of drug-likeness (QED) is 0.502. The van der Waals surface area contributed by atoms with Crippen molar-refractivity contribution in [3.63, 3.8) is 0 Å². The third kappa shape index (κ3) is 6.24. The van der Waals surface area contributed by atoms with E-state index in [0.717, 1.165) is 16.5 Å². The van der Waals surface area contributed by atoms with E-state index in [-0.39, 0.29) is 74.5 Å². The Balaban J connectivity index is 1.25. The van der Waals surface area contributed by atoms with E-state index in [1.807, 2.05) is 0 Å². The molecule has 2 aromatic carbocycles. The smallest absolute Gasteiger partial charge is 0.253 e. The molecule has 230 valence electrons. The molecule has 0 radical (unpaired) electrons. The minimum Gasteiger partial charge on any atom is -0.387 e. The molecule has 3 aliphatic rings. The highest BCUT2D eigenvalue weighted by atomic mass is 35.5. The topological polar surface area (TPSA) is 119 Å². The molecule has 3 heterocycles. The second-order valence-electron chi connectivity index (χ2n) is 11.5. The highest BCUT2D eigenvalue weighted by Gasteiger charge is 2.47. The van der Waals surface area contributed by atoms with Gasteiger partial charge in [0.2, 0.25) is 10.0 Å². The lowest BCUT2D eigenvalue weighted by molar-refractivity contribution is -0.124. The number of aliphatic hydroxyl groups is 1. The van der Waals surface area contributed by atoms with Crippen LogP contribution in [0.3, 0.4) is 0 Å². The van der Waals surface area contributed by atoms with Crippen molar-refractivity contribution < 1.29 is 31.9 Å². The molecule has 9 nitrogen and oxygen atoms in total. The molecule has 0 bridgehead atoms. The lowest BCUT2D eigenvalue weighted by atomic mass is 9.89. The van der Waals surface area contributed by atoms with Crippen molar-refractivity contribution in [2.45, 2.75) is 50.7 Å². The van der Waals surface area contributed by atoms with E-state index in [2.05, 4.69) is 10.3 Å². The van der Waals surface area contributed by atoms with E-state index in [9.17, 15) is 31.9 Å². The standard InChI is InChI=1S/C30H33ClF2N4O5S/c1-19-15-22(27(38)36-10-6-29(40,18-32)7-11-36)16-20(2)23(19)5-14-43(41,42)37-12-8-30(9-13-37)28(39)34-26(35-30)21-3-4-25(33)24(31)17-21/h3-5,14-17,40H,6-13,18H2,1-2H3,(H,34,35,39). The van der Waals surface area contributed by atoms with Gasteiger partial charge in [-0.05, 0) is 92.6 Å². The molecule has 2 fully saturated rings. The number of halogens is 3. The predicted molar refractivity (Wildman–Crippen MR) is 160 cm³/mol. The Bertz CT molecular complexity index is 1610. The van der Waals surface area contributed by atoms with E-state index >= 15 is 0 Å². The molecule has 43 heavy (non-hydrogen) atoms. The van der Waals surface area contributed by atoms with Crippen LogP contribution in [0.2, 0.25) is 5.02 Å². The number of aliphatic imine (C=N–C) groups is 1. The number of amides is 2. The van der Waals surface area contributed by atoms with Crippen molar-refractivity contribution in [3.05, 3.63) is 74.4 Å². The lowest BCUT2D eigenvalue weighted by Gasteiger charge is -2.36. The normalized spacial score (nSPS) is 20.5. The minimum atomic E-state index is -3.83. The molecule has 0 aliphatic carbocycles. The predicted octanol–water partition coefficient (Wildman–Crippen LogP) is 3.74. The molecule has 2 saturated heterocycles. The summed E-state index contributed by atoms with van der Waals surface area (Å²) in [5.41, 5.74) is 0.524. The van der Waals surface area contributed by atoms with Crippen molar-refractivity contribution in [1.29, 1.82) is 0 Å². The maximum absolute atomic E-state index is 13.6. The summed E-state index contributed by atoms with van der Waals surface area (Å²) in [5.74, 6) is -0.863. The Morgan fingerprint density at radius 1 is 1.09 bits per heavy atom. The van der Waals surface area contributed by atoms with Gasteiger partial charge in [0.15, 0.2) is 0 Å². The summed E-state index contributed by atoms with van der Waals surface area (Å²) in [6.45, 7) is 3.42. The number of benzene rings is 2. The van der Waals surface area contributed by atoms with Crippen molar-refractivity contribution in [3.8, 4) is 0 Å². The molecule has 0 unspecified atom stereocenters. The second kappa shape index (κ2) is 11.7. The summed E-state index contributed by atoms with van der Waals surface area (Å²) in [6.07, 6.45) is 2.21. The molecule has 5 rings (SSSR count). The van der Waals surface area contributed by atoms with Gasteiger partial charge in [-0.25, -0.2) is 17.2 Å². The number of nitrogens with one attached hydrogen (secondary N) is 1. The fourth-order valence-corrected chi connectivity index (χ4v) is 7.14. The van der Waals surface area contributed by atoms with Crippen LogP contribution in [-0.4, -0.2) is 84.4 Å². The van der Waals surface area contributed by atoms with Crippen LogP contribution in [0.5, 0.6) is 0 Å². The average Bonchev–Trinajstić information content (AvgIpc) is 3.29. The molecule has 0 atom stereocenters. The van der Waals surface area contributed by atoms with Crippen LogP contribution < -0.4 is 5.32 Å². The minimum absolute atomic E-state index is 0.0832. The van der Waals surface area contributed by atoms with E-state index in [0.29, 0.717) is 16.7 Å². The van der Waals surface area contributed by atoms with Crippen LogP contribution in [0.15, 0.2) is 40.7 Å². The summed E-state index contributed by atoms with van der Waals surface area (Å²) < 4.78 is 54.4. The number of carbonyl (C=O) groups excluding carboxylic acids is 2. The molecule has 0 aromatic heterocycles. The van der Waals surface area contributed by atoms with Crippen molar-refractivity contribution in [2.75, 3.05) is 32.9 Å². The monoisotopic (exact) mass is 634 g/mol. The van der Waals surface area contributed by atoms with E-state index in [1.165, 1.54) is 28.6 Å². The maximum Gasteiger partial charge on any atom is 0.253 e. The highest BCUT2D eigenvalue weighted by Crippen LogP contribution is 2.33. The summed E-state index contributed by atoms with van der Waals surface area (Å²) in [6, 6.07) is 7.44. The number of hydrogen-bond acceptors (Lipinski definition) is 6. The lowest BCUT2D eigenvalue weighted by Crippen LogP contribution is -2.50. The number of alkyl halides is 1. The van der Waals surface area contributed by atoms with E-state index < -0.39 is 33.7 Å². The molecule has 1 spiro atoms. The largest absolute Gasteiger partial charge is 0.387 e. The first-order valence-corrected chi connectivity index (χ1v) is 15.9. The Hall–Kier alpha value is -3.19. The number of sulfonamides is 1. The molecule has 3 aliphatic heterocycles. The molecule has 2 aromatic rings. The van der Waals surface area contributed by atoms with Gasteiger partial charge in [0.1, 0.15) is 23.9 Å². The van der Waals surface area contributed by atoms with Crippen molar-refractivity contribution in [2.24, 2.45) is 4.99 Å². The number of aryl methyl sites for hydroxylation is 2. The van der Waals surface area contributed by atoms with E-state index in [4.69, 9.17) is 11.6 Å². The van der Waals surface area contributed by atoms with Gasteiger partial charge in [0, 0.05) is 42.7 Å². The number of likely N-dealkylation sites (tertiary alicyclic amines) is 1. The van der Waals surface area contributed by atoms with Gasteiger partial charge in [0.05, 0.1) is 10.6 Å². The summed E-state index contributed by atoms with van der Waals surface area (Å²) in [4.78, 5) is 32.1. The maximum atomic E-state index is 13.6. The van der Waals surface area contributed by atoms with Gasteiger partial charge in [-0.3, -0.25) is 14.6 Å². The third-order valence-corrected chi connectivity index (χ3v) is 10.4. The molecule has 0 saturated carbocycles. The Labute approximate surface area is 254 Å². The second-order valence-corrected chi connectivity index (χ2v) is 13.7. The van der Waals surface area contributed by atoms with Gasteiger partial charge in [-0.2, -0.15) is 4.31 Å². The number of amidine groups is 1. The zero-order valence-corrected chi connectivity index (χ0v) is 25.4. The van der Waals surface area contributed by atoms with Gasteiger partial charge in [-0.15, -0.1) is 0 Å². The van der Waals surface area contributed by atoms with Crippen LogP contribution in [0.1, 0.15) is 58.3 Å². The summed E-state index contributed by atoms with van der Waals surface area (Å²) in [5, 5.41) is 13.9. The van der Waals surface area contributed by atoms with Crippen LogP contribution in [-0.2, 0) is 14.8 Å². The molecular weight excluding hydrogens is 602 g/mol. The fourth-order valence-electron chi connectivity index (χ4n) is 5.79. The van der Waals surface area contributed by atoms with Gasteiger partial charge in [0.25, 0.3) is 11.8 Å². The van der Waals surface area contributed by atoms with Gasteiger partial charge < -0.3 is 15.3 Å². The van der Waals surface area contributed by atoms with Gasteiger partial charge >= 0.3 is 0 Å². The van der Waals surface area contributed by atoms with Crippen LogP contribution in [0, 0.1) is 19.7 Å². The number of carbonyl (C=O) groups is 2. The zero-order valence-electron chi connectivity index (χ0n) is 23.9. The molecular formula is C30H33ClF2N4O5S. The molecule has 2 amide bonds. The van der Waals surface area contributed by atoms with E-state index in [1.54, 1.807) is 30.9 Å². The number of piperidine rings is 2. The number of rotatable bonds is 6. The van der Waals surface area contributed by atoms with Gasteiger partial charge in [-0.1, -0.05) is 11.6 Å².